The molecular weight excluding hydrogens is 609 g/mol. The van der Waals surface area contributed by atoms with E-state index in [1.165, 1.54) is 16.5 Å². The van der Waals surface area contributed by atoms with Crippen LogP contribution in [0.2, 0.25) is 0 Å². The molecule has 0 fully saturated rings. The van der Waals surface area contributed by atoms with Gasteiger partial charge in [-0.2, -0.15) is 0 Å². The molecule has 0 spiro atoms. The standard InChI is InChI=1S/C31H27N2O.Ir/c1-19(2)23-18-24(20(3)4)29(30-28(23)22-14-8-11-17-27(22)34-30)33-26-16-10-9-15-25(26)32-31(33)21-12-6-5-7-13-21;/h5-12,14-20H,1-4H3;/q-1;. The second kappa shape index (κ2) is 9.11. The Balaban J connectivity index is 0.00000253. The molecule has 1 radical (unpaired) electrons. The maximum Gasteiger partial charge on any atom is 0.159 e. The van der Waals surface area contributed by atoms with Gasteiger partial charge in [0, 0.05) is 30.9 Å². The fourth-order valence-corrected chi connectivity index (χ4v) is 5.03. The first-order valence-corrected chi connectivity index (χ1v) is 12.0. The summed E-state index contributed by atoms with van der Waals surface area (Å²) in [5.74, 6) is 1.55. The van der Waals surface area contributed by atoms with Crippen LogP contribution in [0, 0.1) is 6.07 Å². The normalized spacial score (nSPS) is 11.7. The van der Waals surface area contributed by atoms with E-state index in [2.05, 4.69) is 86.9 Å². The Morgan fingerprint density at radius 1 is 0.829 bits per heavy atom. The molecule has 4 heteroatoms. The average molecular weight is 636 g/mol. The molecule has 0 aliphatic rings. The summed E-state index contributed by atoms with van der Waals surface area (Å²) in [5.41, 5.74) is 8.49. The number of hydrogen-bond acceptors (Lipinski definition) is 2. The Hall–Kier alpha value is -3.20. The van der Waals surface area contributed by atoms with Crippen molar-refractivity contribution in [3.05, 3.63) is 96.1 Å². The minimum Gasteiger partial charge on any atom is -0.454 e. The quantitative estimate of drug-likeness (QED) is 0.182. The molecule has 177 valence electrons. The number of hydrogen-bond donors (Lipinski definition) is 0. The fraction of sp³-hybridized carbons (Fsp3) is 0.194. The molecular formula is C31H27IrN2O-. The summed E-state index contributed by atoms with van der Waals surface area (Å²) < 4.78 is 8.95. The first-order valence-electron chi connectivity index (χ1n) is 12.0. The van der Waals surface area contributed by atoms with Gasteiger partial charge < -0.3 is 8.98 Å². The van der Waals surface area contributed by atoms with Gasteiger partial charge in [0.1, 0.15) is 5.58 Å². The number of rotatable bonds is 4. The van der Waals surface area contributed by atoms with E-state index in [-0.39, 0.29) is 20.1 Å². The Kier molecular flexibility index (Phi) is 6.12. The van der Waals surface area contributed by atoms with Gasteiger partial charge in [-0.25, -0.2) is 0 Å². The predicted molar refractivity (Wildman–Crippen MR) is 141 cm³/mol. The summed E-state index contributed by atoms with van der Waals surface area (Å²) in [4.78, 5) is 5.07. The minimum absolute atomic E-state index is 0. The molecule has 35 heavy (non-hydrogen) atoms. The van der Waals surface area contributed by atoms with Crippen molar-refractivity contribution >= 4 is 33.0 Å². The molecule has 0 unspecified atom stereocenters. The predicted octanol–water partition coefficient (Wildman–Crippen LogP) is 8.64. The Bertz CT molecular complexity index is 1660. The average Bonchev–Trinajstić information content (AvgIpc) is 3.42. The van der Waals surface area contributed by atoms with Crippen LogP contribution in [0.4, 0.5) is 0 Å². The second-order valence-corrected chi connectivity index (χ2v) is 9.55. The van der Waals surface area contributed by atoms with Gasteiger partial charge in [-0.15, -0.1) is 35.9 Å². The van der Waals surface area contributed by atoms with Crippen LogP contribution in [0.1, 0.15) is 50.7 Å². The first-order chi connectivity index (χ1) is 16.5. The summed E-state index contributed by atoms with van der Waals surface area (Å²) >= 11 is 0. The van der Waals surface area contributed by atoms with Crippen LogP contribution in [0.5, 0.6) is 0 Å². The summed E-state index contributed by atoms with van der Waals surface area (Å²) in [6.07, 6.45) is 0. The Labute approximate surface area is 219 Å². The third kappa shape index (κ3) is 3.73. The van der Waals surface area contributed by atoms with Gasteiger partial charge in [-0.05, 0) is 41.2 Å². The van der Waals surface area contributed by atoms with E-state index in [4.69, 9.17) is 9.40 Å². The molecule has 0 atom stereocenters. The van der Waals surface area contributed by atoms with Gasteiger partial charge in [0.2, 0.25) is 0 Å². The zero-order chi connectivity index (χ0) is 23.4. The molecule has 6 aromatic rings. The number of benzene rings is 4. The van der Waals surface area contributed by atoms with E-state index >= 15 is 0 Å². The van der Waals surface area contributed by atoms with E-state index < -0.39 is 0 Å². The molecule has 0 aliphatic carbocycles. The fourth-order valence-electron chi connectivity index (χ4n) is 5.03. The van der Waals surface area contributed by atoms with Crippen LogP contribution in [-0.2, 0) is 20.1 Å². The summed E-state index contributed by atoms with van der Waals surface area (Å²) in [6, 6.07) is 30.5. The van der Waals surface area contributed by atoms with Crippen molar-refractivity contribution in [1.82, 2.24) is 9.55 Å². The van der Waals surface area contributed by atoms with E-state index in [1.807, 2.05) is 30.3 Å². The van der Waals surface area contributed by atoms with Crippen molar-refractivity contribution in [3.63, 3.8) is 0 Å². The van der Waals surface area contributed by atoms with Crippen molar-refractivity contribution in [2.24, 2.45) is 0 Å². The van der Waals surface area contributed by atoms with Crippen LogP contribution < -0.4 is 0 Å². The molecule has 0 saturated heterocycles. The maximum absolute atomic E-state index is 6.67. The summed E-state index contributed by atoms with van der Waals surface area (Å²) in [6.45, 7) is 9.03. The number of imidazole rings is 1. The molecule has 2 aromatic heterocycles. The van der Waals surface area contributed by atoms with Gasteiger partial charge >= 0.3 is 0 Å². The smallest absolute Gasteiger partial charge is 0.159 e. The van der Waals surface area contributed by atoms with Crippen molar-refractivity contribution in [2.75, 3.05) is 0 Å². The molecule has 6 rings (SSSR count). The maximum atomic E-state index is 6.67. The topological polar surface area (TPSA) is 31.0 Å². The molecule has 0 N–H and O–H groups in total. The number of fused-ring (bicyclic) bond motifs is 4. The number of aromatic nitrogens is 2. The van der Waals surface area contributed by atoms with Crippen LogP contribution in [-0.4, -0.2) is 9.55 Å². The number of furan rings is 1. The van der Waals surface area contributed by atoms with Crippen molar-refractivity contribution < 1.29 is 24.5 Å². The molecule has 2 heterocycles. The van der Waals surface area contributed by atoms with Crippen molar-refractivity contribution in [3.8, 4) is 17.1 Å². The summed E-state index contributed by atoms with van der Waals surface area (Å²) in [7, 11) is 0. The van der Waals surface area contributed by atoms with Gasteiger partial charge in [0.05, 0.1) is 22.5 Å². The van der Waals surface area contributed by atoms with E-state index in [9.17, 15) is 0 Å². The Morgan fingerprint density at radius 2 is 1.54 bits per heavy atom. The molecule has 0 saturated carbocycles. The second-order valence-electron chi connectivity index (χ2n) is 9.55. The Morgan fingerprint density at radius 3 is 2.29 bits per heavy atom. The van der Waals surface area contributed by atoms with Gasteiger partial charge in [0.15, 0.2) is 5.58 Å². The summed E-state index contributed by atoms with van der Waals surface area (Å²) in [5, 5.41) is 2.36. The van der Waals surface area contributed by atoms with E-state index in [0.29, 0.717) is 11.8 Å². The number of nitrogens with zero attached hydrogens (tertiary/aromatic N) is 2. The van der Waals surface area contributed by atoms with Gasteiger partial charge in [-0.3, -0.25) is 4.98 Å². The monoisotopic (exact) mass is 636 g/mol. The molecule has 0 bridgehead atoms. The van der Waals surface area contributed by atoms with Crippen LogP contribution in [0.15, 0.2) is 83.3 Å². The van der Waals surface area contributed by atoms with Crippen LogP contribution in [0.25, 0.3) is 50.0 Å². The zero-order valence-electron chi connectivity index (χ0n) is 20.3. The molecule has 3 nitrogen and oxygen atoms in total. The van der Waals surface area contributed by atoms with Crippen LogP contribution in [0.3, 0.4) is 0 Å². The zero-order valence-corrected chi connectivity index (χ0v) is 22.7. The van der Waals surface area contributed by atoms with Crippen molar-refractivity contribution in [1.29, 1.82) is 0 Å². The van der Waals surface area contributed by atoms with E-state index in [1.54, 1.807) is 0 Å². The number of para-hydroxylation sites is 3. The molecule has 0 aliphatic heterocycles. The minimum atomic E-state index is 0. The largest absolute Gasteiger partial charge is 0.454 e. The third-order valence-electron chi connectivity index (χ3n) is 6.66. The van der Waals surface area contributed by atoms with Gasteiger partial charge in [-0.1, -0.05) is 64.1 Å². The third-order valence-corrected chi connectivity index (χ3v) is 6.66. The van der Waals surface area contributed by atoms with Crippen molar-refractivity contribution in [2.45, 2.75) is 39.5 Å². The van der Waals surface area contributed by atoms with E-state index in [0.717, 1.165) is 44.7 Å². The molecule has 4 aromatic carbocycles. The van der Waals surface area contributed by atoms with Gasteiger partial charge in [0.25, 0.3) is 0 Å². The molecule has 0 amide bonds. The first kappa shape index (κ1) is 23.5. The SMILES string of the molecule is CC(C)c1cc(C(C)C)c2c(oc3ccccc32)c1-n1c(-c2[c-]cccc2)nc2ccccc21.[Ir]. The van der Waals surface area contributed by atoms with Crippen LogP contribution >= 0.6 is 0 Å².